The lowest BCUT2D eigenvalue weighted by Crippen LogP contribution is -2.47. The van der Waals surface area contributed by atoms with Gasteiger partial charge in [-0.15, -0.1) is 0 Å². The summed E-state index contributed by atoms with van der Waals surface area (Å²) in [7, 11) is -3.35. The van der Waals surface area contributed by atoms with Gasteiger partial charge in [0.2, 0.25) is 5.91 Å². The van der Waals surface area contributed by atoms with E-state index in [1.807, 2.05) is 39.0 Å². The van der Waals surface area contributed by atoms with Crippen LogP contribution >= 0.6 is 0 Å². The van der Waals surface area contributed by atoms with Crippen molar-refractivity contribution in [1.82, 2.24) is 5.32 Å². The topological polar surface area (TPSA) is 63.2 Å². The van der Waals surface area contributed by atoms with Gasteiger partial charge in [0.25, 0.3) is 0 Å². The maximum Gasteiger partial charge on any atom is 0.235 e. The standard InChI is InChI=1S/C17H25NO3S/c1-13(2)11-22(20,21)12-16(19)18-17(3)10-6-8-14-7-4-5-9-15(14)17/h4-5,7,9,13H,6,8,10-12H2,1-3H3,(H,18,19). The molecule has 0 spiro atoms. The highest BCUT2D eigenvalue weighted by molar-refractivity contribution is 7.92. The van der Waals surface area contributed by atoms with Crippen molar-refractivity contribution in [3.8, 4) is 0 Å². The highest BCUT2D eigenvalue weighted by Crippen LogP contribution is 2.34. The fourth-order valence-electron chi connectivity index (χ4n) is 3.28. The van der Waals surface area contributed by atoms with E-state index in [9.17, 15) is 13.2 Å². The SMILES string of the molecule is CC(C)CS(=O)(=O)CC(=O)NC1(C)CCCc2ccccc21. The minimum Gasteiger partial charge on any atom is -0.346 e. The smallest absolute Gasteiger partial charge is 0.235 e. The molecule has 0 saturated carbocycles. The molecule has 5 heteroatoms. The van der Waals surface area contributed by atoms with Crippen LogP contribution in [0.25, 0.3) is 0 Å². The molecule has 0 radical (unpaired) electrons. The van der Waals surface area contributed by atoms with Gasteiger partial charge in [0.1, 0.15) is 5.75 Å². The maximum atomic E-state index is 12.2. The molecule has 22 heavy (non-hydrogen) atoms. The number of aryl methyl sites for hydroxylation is 1. The summed E-state index contributed by atoms with van der Waals surface area (Å²) in [5.41, 5.74) is 1.87. The number of rotatable bonds is 5. The van der Waals surface area contributed by atoms with Gasteiger partial charge in [-0.2, -0.15) is 0 Å². The zero-order chi connectivity index (χ0) is 16.4. The average molecular weight is 323 g/mol. The molecule has 1 aromatic carbocycles. The van der Waals surface area contributed by atoms with E-state index < -0.39 is 27.0 Å². The van der Waals surface area contributed by atoms with Gasteiger partial charge in [-0.25, -0.2) is 8.42 Å². The second kappa shape index (κ2) is 6.41. The van der Waals surface area contributed by atoms with Crippen molar-refractivity contribution in [1.29, 1.82) is 0 Å². The normalized spacial score (nSPS) is 21.5. The summed E-state index contributed by atoms with van der Waals surface area (Å²) < 4.78 is 24.0. The van der Waals surface area contributed by atoms with E-state index in [4.69, 9.17) is 0 Å². The number of benzene rings is 1. The lowest BCUT2D eigenvalue weighted by Gasteiger charge is -2.36. The van der Waals surface area contributed by atoms with Crippen LogP contribution in [0.1, 0.15) is 44.7 Å². The van der Waals surface area contributed by atoms with Crippen LogP contribution in [0.2, 0.25) is 0 Å². The van der Waals surface area contributed by atoms with Gasteiger partial charge >= 0.3 is 0 Å². The van der Waals surface area contributed by atoms with Gasteiger partial charge < -0.3 is 5.32 Å². The molecular weight excluding hydrogens is 298 g/mol. The van der Waals surface area contributed by atoms with Gasteiger partial charge in [-0.05, 0) is 43.2 Å². The van der Waals surface area contributed by atoms with Gasteiger partial charge in [-0.1, -0.05) is 38.1 Å². The molecule has 1 atom stereocenters. The van der Waals surface area contributed by atoms with Crippen LogP contribution in [0.15, 0.2) is 24.3 Å². The first-order chi connectivity index (χ1) is 10.2. The first-order valence-corrected chi connectivity index (χ1v) is 9.64. The summed E-state index contributed by atoms with van der Waals surface area (Å²) in [5, 5.41) is 2.96. The van der Waals surface area contributed by atoms with E-state index in [2.05, 4.69) is 11.4 Å². The van der Waals surface area contributed by atoms with Crippen molar-refractivity contribution in [2.45, 2.75) is 45.6 Å². The molecule has 0 aliphatic heterocycles. The van der Waals surface area contributed by atoms with E-state index >= 15 is 0 Å². The summed E-state index contributed by atoms with van der Waals surface area (Å²) in [6.45, 7) is 5.67. The predicted molar refractivity (Wildman–Crippen MR) is 88.4 cm³/mol. The molecular formula is C17H25NO3S. The predicted octanol–water partition coefficient (Wildman–Crippen LogP) is 2.43. The van der Waals surface area contributed by atoms with Crippen LogP contribution in [0.5, 0.6) is 0 Å². The average Bonchev–Trinajstić information content (AvgIpc) is 2.36. The molecule has 1 unspecified atom stereocenters. The summed E-state index contributed by atoms with van der Waals surface area (Å²) in [6.07, 6.45) is 2.83. The number of amides is 1. The number of nitrogens with one attached hydrogen (secondary N) is 1. The quantitative estimate of drug-likeness (QED) is 0.905. The van der Waals surface area contributed by atoms with E-state index in [0.29, 0.717) is 0 Å². The van der Waals surface area contributed by atoms with Gasteiger partial charge in [-0.3, -0.25) is 4.79 Å². The van der Waals surface area contributed by atoms with Crippen LogP contribution < -0.4 is 5.32 Å². The molecule has 0 saturated heterocycles. The fraction of sp³-hybridized carbons (Fsp3) is 0.588. The number of carbonyl (C=O) groups excluding carboxylic acids is 1. The second-order valence-electron chi connectivity index (χ2n) is 6.84. The summed E-state index contributed by atoms with van der Waals surface area (Å²) in [5.74, 6) is -0.750. The molecule has 1 N–H and O–H groups in total. The first kappa shape index (κ1) is 17.0. The van der Waals surface area contributed by atoms with E-state index in [0.717, 1.165) is 24.8 Å². The molecule has 1 aromatic rings. The van der Waals surface area contributed by atoms with Gasteiger partial charge in [0.15, 0.2) is 9.84 Å². The molecule has 122 valence electrons. The third-order valence-corrected chi connectivity index (χ3v) is 5.96. The Kier molecular flexibility index (Phi) is 4.95. The minimum absolute atomic E-state index is 0.0313. The van der Waals surface area contributed by atoms with E-state index in [-0.39, 0.29) is 11.7 Å². The minimum atomic E-state index is -3.35. The van der Waals surface area contributed by atoms with Gasteiger partial charge in [0.05, 0.1) is 11.3 Å². The van der Waals surface area contributed by atoms with Crippen molar-refractivity contribution in [2.75, 3.05) is 11.5 Å². The molecule has 0 aromatic heterocycles. The molecule has 1 amide bonds. The Labute approximate surface area is 133 Å². The Bertz CT molecular complexity index is 652. The van der Waals surface area contributed by atoms with Crippen molar-refractivity contribution in [2.24, 2.45) is 5.92 Å². The highest BCUT2D eigenvalue weighted by Gasteiger charge is 2.34. The Hall–Kier alpha value is -1.36. The number of carbonyl (C=O) groups is 1. The molecule has 1 aliphatic rings. The summed E-state index contributed by atoms with van der Waals surface area (Å²) in [4.78, 5) is 12.2. The maximum absolute atomic E-state index is 12.2. The Balaban J connectivity index is 2.12. The number of hydrogen-bond acceptors (Lipinski definition) is 3. The Morgan fingerprint density at radius 1 is 1.32 bits per heavy atom. The third kappa shape index (κ3) is 4.09. The van der Waals surface area contributed by atoms with Crippen LogP contribution in [0.4, 0.5) is 0 Å². The molecule has 0 heterocycles. The molecule has 4 nitrogen and oxygen atoms in total. The Morgan fingerprint density at radius 2 is 2.00 bits per heavy atom. The van der Waals surface area contributed by atoms with Crippen LogP contribution in [0, 0.1) is 5.92 Å². The molecule has 2 rings (SSSR count). The highest BCUT2D eigenvalue weighted by atomic mass is 32.2. The summed E-state index contributed by atoms with van der Waals surface area (Å²) >= 11 is 0. The number of hydrogen-bond donors (Lipinski definition) is 1. The van der Waals surface area contributed by atoms with E-state index in [1.54, 1.807) is 0 Å². The molecule has 0 bridgehead atoms. The Morgan fingerprint density at radius 3 is 2.68 bits per heavy atom. The zero-order valence-electron chi connectivity index (χ0n) is 13.6. The lowest BCUT2D eigenvalue weighted by atomic mass is 9.78. The second-order valence-corrected chi connectivity index (χ2v) is 8.95. The lowest BCUT2D eigenvalue weighted by molar-refractivity contribution is -0.120. The van der Waals surface area contributed by atoms with Crippen LogP contribution in [-0.2, 0) is 26.6 Å². The van der Waals surface area contributed by atoms with Gasteiger partial charge in [0, 0.05) is 0 Å². The van der Waals surface area contributed by atoms with Crippen molar-refractivity contribution >= 4 is 15.7 Å². The zero-order valence-corrected chi connectivity index (χ0v) is 14.4. The monoisotopic (exact) mass is 323 g/mol. The largest absolute Gasteiger partial charge is 0.346 e. The number of fused-ring (bicyclic) bond motifs is 1. The first-order valence-electron chi connectivity index (χ1n) is 7.82. The fourth-order valence-corrected chi connectivity index (χ4v) is 4.89. The van der Waals surface area contributed by atoms with Crippen molar-refractivity contribution in [3.63, 3.8) is 0 Å². The van der Waals surface area contributed by atoms with Crippen LogP contribution in [0.3, 0.4) is 0 Å². The molecule has 0 fully saturated rings. The van der Waals surface area contributed by atoms with Crippen molar-refractivity contribution in [3.05, 3.63) is 35.4 Å². The van der Waals surface area contributed by atoms with Crippen molar-refractivity contribution < 1.29 is 13.2 Å². The van der Waals surface area contributed by atoms with E-state index in [1.165, 1.54) is 5.56 Å². The molecule has 1 aliphatic carbocycles. The van der Waals surface area contributed by atoms with Crippen LogP contribution in [-0.4, -0.2) is 25.8 Å². The third-order valence-electron chi connectivity index (χ3n) is 4.09. The number of sulfone groups is 1. The summed E-state index contributed by atoms with van der Waals surface area (Å²) in [6, 6.07) is 8.06.